The standard InChI is InChI=1S/C12H19N7/c1-13-7-4-10-5-8-18(9-6-10)12-3-2-11-14-16-17-19(11)15-12/h2-3,10,13H,4-9H2,1H3. The molecule has 1 fully saturated rings. The molecule has 1 aliphatic rings. The van der Waals surface area contributed by atoms with Gasteiger partial charge in [0.15, 0.2) is 11.5 Å². The number of piperidine rings is 1. The van der Waals surface area contributed by atoms with Crippen LogP contribution in [-0.2, 0) is 0 Å². The molecule has 102 valence electrons. The summed E-state index contributed by atoms with van der Waals surface area (Å²) in [6, 6.07) is 3.91. The minimum absolute atomic E-state index is 0.688. The lowest BCUT2D eigenvalue weighted by molar-refractivity contribution is 0.376. The highest BCUT2D eigenvalue weighted by molar-refractivity contribution is 5.44. The Kier molecular flexibility index (Phi) is 3.54. The van der Waals surface area contributed by atoms with E-state index in [0.29, 0.717) is 5.65 Å². The number of aromatic nitrogens is 5. The molecule has 0 amide bonds. The van der Waals surface area contributed by atoms with Crippen molar-refractivity contribution in [1.29, 1.82) is 0 Å². The predicted molar refractivity (Wildman–Crippen MR) is 72.1 cm³/mol. The van der Waals surface area contributed by atoms with Gasteiger partial charge in [0.25, 0.3) is 0 Å². The summed E-state index contributed by atoms with van der Waals surface area (Å²) in [5.74, 6) is 1.80. The summed E-state index contributed by atoms with van der Waals surface area (Å²) < 4.78 is 1.49. The minimum atomic E-state index is 0.688. The zero-order valence-corrected chi connectivity index (χ0v) is 11.2. The maximum Gasteiger partial charge on any atom is 0.200 e. The highest BCUT2D eigenvalue weighted by atomic mass is 15.6. The van der Waals surface area contributed by atoms with Crippen molar-refractivity contribution in [3.05, 3.63) is 12.1 Å². The summed E-state index contributed by atoms with van der Waals surface area (Å²) >= 11 is 0. The second-order valence-electron chi connectivity index (χ2n) is 5.04. The molecular weight excluding hydrogens is 242 g/mol. The number of nitrogens with one attached hydrogen (secondary N) is 1. The Morgan fingerprint density at radius 2 is 2.16 bits per heavy atom. The first kappa shape index (κ1) is 12.3. The van der Waals surface area contributed by atoms with Crippen LogP contribution in [-0.4, -0.2) is 51.9 Å². The van der Waals surface area contributed by atoms with Crippen molar-refractivity contribution in [3.63, 3.8) is 0 Å². The Morgan fingerprint density at radius 3 is 2.95 bits per heavy atom. The van der Waals surface area contributed by atoms with Crippen LogP contribution >= 0.6 is 0 Å². The largest absolute Gasteiger partial charge is 0.355 e. The molecule has 7 nitrogen and oxygen atoms in total. The van der Waals surface area contributed by atoms with Gasteiger partial charge in [-0.1, -0.05) is 0 Å². The van der Waals surface area contributed by atoms with E-state index in [1.807, 2.05) is 19.2 Å². The van der Waals surface area contributed by atoms with E-state index < -0.39 is 0 Å². The van der Waals surface area contributed by atoms with Crippen LogP contribution in [0.25, 0.3) is 5.65 Å². The van der Waals surface area contributed by atoms with Gasteiger partial charge < -0.3 is 10.2 Å². The number of nitrogens with zero attached hydrogens (tertiary/aromatic N) is 6. The third-order valence-corrected chi connectivity index (χ3v) is 3.80. The van der Waals surface area contributed by atoms with E-state index in [0.717, 1.165) is 31.4 Å². The first-order chi connectivity index (χ1) is 9.36. The Hall–Kier alpha value is -1.76. The van der Waals surface area contributed by atoms with E-state index >= 15 is 0 Å². The lowest BCUT2D eigenvalue weighted by atomic mass is 9.93. The molecule has 0 atom stereocenters. The minimum Gasteiger partial charge on any atom is -0.355 e. The van der Waals surface area contributed by atoms with Crippen LogP contribution in [0.2, 0.25) is 0 Å². The summed E-state index contributed by atoms with van der Waals surface area (Å²) in [5.41, 5.74) is 0.688. The molecule has 1 saturated heterocycles. The van der Waals surface area contributed by atoms with Gasteiger partial charge >= 0.3 is 0 Å². The third-order valence-electron chi connectivity index (χ3n) is 3.80. The molecule has 0 spiro atoms. The second-order valence-corrected chi connectivity index (χ2v) is 5.04. The number of tetrazole rings is 1. The number of hydrogen-bond acceptors (Lipinski definition) is 6. The molecule has 0 aromatic carbocycles. The summed E-state index contributed by atoms with van der Waals surface area (Å²) in [5, 5.41) is 19.0. The van der Waals surface area contributed by atoms with E-state index in [4.69, 9.17) is 0 Å². The highest BCUT2D eigenvalue weighted by Crippen LogP contribution is 2.23. The van der Waals surface area contributed by atoms with Crippen LogP contribution in [0.5, 0.6) is 0 Å². The summed E-state index contributed by atoms with van der Waals surface area (Å²) in [6.45, 7) is 3.24. The van der Waals surface area contributed by atoms with Crippen molar-refractivity contribution in [2.45, 2.75) is 19.3 Å². The van der Waals surface area contributed by atoms with Crippen LogP contribution in [0.3, 0.4) is 0 Å². The molecule has 0 unspecified atom stereocenters. The number of hydrogen-bond donors (Lipinski definition) is 1. The van der Waals surface area contributed by atoms with Gasteiger partial charge in [0, 0.05) is 13.1 Å². The van der Waals surface area contributed by atoms with Crippen molar-refractivity contribution >= 4 is 11.5 Å². The smallest absolute Gasteiger partial charge is 0.200 e. The van der Waals surface area contributed by atoms with Crippen molar-refractivity contribution < 1.29 is 0 Å². The topological polar surface area (TPSA) is 71.2 Å². The van der Waals surface area contributed by atoms with E-state index in [1.165, 1.54) is 23.9 Å². The fraction of sp³-hybridized carbons (Fsp3) is 0.667. The zero-order chi connectivity index (χ0) is 13.1. The molecular formula is C12H19N7. The monoisotopic (exact) mass is 261 g/mol. The van der Waals surface area contributed by atoms with Crippen molar-refractivity contribution in [3.8, 4) is 0 Å². The Bertz CT molecular complexity index is 530. The van der Waals surface area contributed by atoms with Crippen LogP contribution in [0.4, 0.5) is 5.82 Å². The number of anilines is 1. The molecule has 0 radical (unpaired) electrons. The average molecular weight is 261 g/mol. The second kappa shape index (κ2) is 5.48. The van der Waals surface area contributed by atoms with Gasteiger partial charge in [-0.25, -0.2) is 0 Å². The van der Waals surface area contributed by atoms with Gasteiger partial charge in [0.05, 0.1) is 0 Å². The molecule has 2 aromatic rings. The van der Waals surface area contributed by atoms with Crippen molar-refractivity contribution in [2.24, 2.45) is 5.92 Å². The molecule has 3 heterocycles. The molecule has 1 aliphatic heterocycles. The van der Waals surface area contributed by atoms with Gasteiger partial charge in [0.2, 0.25) is 0 Å². The van der Waals surface area contributed by atoms with E-state index in [-0.39, 0.29) is 0 Å². The molecule has 3 rings (SSSR count). The maximum atomic E-state index is 4.44. The van der Waals surface area contributed by atoms with Gasteiger partial charge in [-0.05, 0) is 61.3 Å². The van der Waals surface area contributed by atoms with Crippen molar-refractivity contribution in [1.82, 2.24) is 30.6 Å². The first-order valence-corrected chi connectivity index (χ1v) is 6.82. The normalized spacial score (nSPS) is 17.2. The maximum absolute atomic E-state index is 4.44. The fourth-order valence-electron chi connectivity index (χ4n) is 2.61. The van der Waals surface area contributed by atoms with Gasteiger partial charge in [0.1, 0.15) is 0 Å². The van der Waals surface area contributed by atoms with E-state index in [2.05, 4.69) is 30.8 Å². The Morgan fingerprint density at radius 1 is 1.32 bits per heavy atom. The van der Waals surface area contributed by atoms with Crippen LogP contribution in [0.15, 0.2) is 12.1 Å². The summed E-state index contributed by atoms with van der Waals surface area (Å²) in [4.78, 5) is 2.32. The van der Waals surface area contributed by atoms with Gasteiger partial charge in [-0.15, -0.1) is 14.8 Å². The molecule has 7 heteroatoms. The highest BCUT2D eigenvalue weighted by Gasteiger charge is 2.20. The molecule has 2 aromatic heterocycles. The van der Waals surface area contributed by atoms with Crippen LogP contribution < -0.4 is 10.2 Å². The van der Waals surface area contributed by atoms with Gasteiger partial charge in [-0.2, -0.15) is 0 Å². The lowest BCUT2D eigenvalue weighted by Crippen LogP contribution is -2.35. The van der Waals surface area contributed by atoms with Crippen molar-refractivity contribution in [2.75, 3.05) is 31.6 Å². The predicted octanol–water partition coefficient (Wildman–Crippen LogP) is 0.345. The van der Waals surface area contributed by atoms with E-state index in [1.54, 1.807) is 0 Å². The Balaban J connectivity index is 1.64. The zero-order valence-electron chi connectivity index (χ0n) is 11.2. The molecule has 0 saturated carbocycles. The van der Waals surface area contributed by atoms with Gasteiger partial charge in [-0.3, -0.25) is 0 Å². The SMILES string of the molecule is CNCCC1CCN(c2ccc3nnnn3n2)CC1. The number of rotatable bonds is 4. The van der Waals surface area contributed by atoms with Crippen LogP contribution in [0.1, 0.15) is 19.3 Å². The quantitative estimate of drug-likeness (QED) is 0.856. The number of fused-ring (bicyclic) bond motifs is 1. The first-order valence-electron chi connectivity index (χ1n) is 6.82. The lowest BCUT2D eigenvalue weighted by Gasteiger charge is -2.32. The summed E-state index contributed by atoms with van der Waals surface area (Å²) in [7, 11) is 2.01. The molecule has 1 N–H and O–H groups in total. The average Bonchev–Trinajstić information content (AvgIpc) is 2.93. The molecule has 19 heavy (non-hydrogen) atoms. The van der Waals surface area contributed by atoms with E-state index in [9.17, 15) is 0 Å². The summed E-state index contributed by atoms with van der Waals surface area (Å²) in [6.07, 6.45) is 3.73. The molecule has 0 aliphatic carbocycles. The Labute approximate surface area is 112 Å². The third kappa shape index (κ3) is 2.65. The van der Waals surface area contributed by atoms with Crippen LogP contribution in [0, 0.1) is 5.92 Å². The molecule has 0 bridgehead atoms. The fourth-order valence-corrected chi connectivity index (χ4v) is 2.61.